The maximum absolute atomic E-state index is 15.5. The number of anilines is 2. The van der Waals surface area contributed by atoms with Crippen molar-refractivity contribution in [2.45, 2.75) is 149 Å². The molecule has 0 bridgehead atoms. The predicted octanol–water partition coefficient (Wildman–Crippen LogP) is 9.50. The smallest absolute Gasteiger partial charge is 0.391 e. The number of aryl methyl sites for hydroxylation is 1. The Labute approximate surface area is 438 Å². The summed E-state index contributed by atoms with van der Waals surface area (Å²) in [6.07, 6.45) is 2.44. The van der Waals surface area contributed by atoms with Gasteiger partial charge >= 0.3 is 6.18 Å². The fraction of sp³-hybridized carbons (Fsp3) is 0.481. The van der Waals surface area contributed by atoms with Gasteiger partial charge in [-0.05, 0) is 98.8 Å². The molecule has 3 atom stereocenters. The van der Waals surface area contributed by atoms with Crippen LogP contribution >= 0.6 is 23.6 Å². The van der Waals surface area contributed by atoms with E-state index in [0.717, 1.165) is 83.7 Å². The Morgan fingerprint density at radius 2 is 1.55 bits per heavy atom. The summed E-state index contributed by atoms with van der Waals surface area (Å²) >= 11 is 7.10. The van der Waals surface area contributed by atoms with Crippen molar-refractivity contribution in [3.63, 3.8) is 0 Å². The number of rotatable bonds is 21. The molecular weight excluding hydrogens is 997 g/mol. The van der Waals surface area contributed by atoms with Crippen LogP contribution in [0.15, 0.2) is 66.2 Å². The standard InChI is InChI=1S/C54H64F4N8O6S2/c1-33-45(74-32-62-33)35-19-17-34(18-20-35)30-61-48(70)43-28-39(67)31-64(43)49(71)46(52(2,3)4)63-44(68)16-14-12-10-8-7-9-11-13-15-25-60-47(69)40-24-23-38(27-42(40)55)66-51(73)65(50(72)53(66,5)6)37-22-21-36(29-59)41(26-37)54(56,57)58/h17-24,26-27,32,39,43,46,67H,7-16,25,28,30-31H2,1-6H3,(H,60,69)(H,61,70)(H,63,68)/t39-,43+,46-/m1/s1. The fourth-order valence-electron chi connectivity index (χ4n) is 9.25. The summed E-state index contributed by atoms with van der Waals surface area (Å²) in [5.41, 5.74) is 0.440. The predicted molar refractivity (Wildman–Crippen MR) is 279 cm³/mol. The van der Waals surface area contributed by atoms with Gasteiger partial charge in [-0.2, -0.15) is 18.4 Å². The first-order valence-electron chi connectivity index (χ1n) is 24.9. The van der Waals surface area contributed by atoms with E-state index in [-0.39, 0.29) is 59.8 Å². The molecule has 5 amide bonds. The monoisotopic (exact) mass is 1060 g/mol. The SMILES string of the molecule is Cc1ncsc1-c1ccc(CNC(=O)[C@@H]2C[C@@H](O)CN2C(=O)[C@@H](NC(=O)CCCCCCCCCCCNC(=O)c2ccc(N3C(=S)N(c4ccc(C#N)c(C(F)(F)F)c4)C(=O)C3(C)C)cc2F)C(C)(C)C)cc1. The first-order valence-corrected chi connectivity index (χ1v) is 26.2. The van der Waals surface area contributed by atoms with Gasteiger partial charge in [-0.3, -0.25) is 28.9 Å². The minimum absolute atomic E-state index is 0.00522. The van der Waals surface area contributed by atoms with Gasteiger partial charge in [-0.15, -0.1) is 11.3 Å². The van der Waals surface area contributed by atoms with Crippen LogP contribution in [0, 0.1) is 29.5 Å². The normalized spacial score (nSPS) is 17.1. The third kappa shape index (κ3) is 13.7. The van der Waals surface area contributed by atoms with Crippen LogP contribution in [0.5, 0.6) is 0 Å². The Balaban J connectivity index is 0.861. The Morgan fingerprint density at radius 1 is 0.919 bits per heavy atom. The lowest BCUT2D eigenvalue weighted by Crippen LogP contribution is -2.57. The van der Waals surface area contributed by atoms with Crippen molar-refractivity contribution in [3.8, 4) is 16.5 Å². The summed E-state index contributed by atoms with van der Waals surface area (Å²) in [4.78, 5) is 76.1. The molecule has 0 aliphatic carbocycles. The van der Waals surface area contributed by atoms with Crippen LogP contribution in [0.4, 0.5) is 28.9 Å². The number of alkyl halides is 3. The fourth-order valence-corrected chi connectivity index (χ4v) is 10.6. The van der Waals surface area contributed by atoms with Gasteiger partial charge in [0.25, 0.3) is 11.8 Å². The number of nitrogens with zero attached hydrogens (tertiary/aromatic N) is 5. The molecule has 2 fully saturated rings. The van der Waals surface area contributed by atoms with Crippen molar-refractivity contribution in [3.05, 3.63) is 99.9 Å². The zero-order valence-corrected chi connectivity index (χ0v) is 44.2. The number of benzene rings is 3. The first-order chi connectivity index (χ1) is 34.9. The minimum atomic E-state index is -4.87. The molecule has 20 heteroatoms. The molecular formula is C54H64F4N8O6S2. The third-order valence-corrected chi connectivity index (χ3v) is 14.7. The summed E-state index contributed by atoms with van der Waals surface area (Å²) in [5.74, 6) is -3.19. The topological polar surface area (TPSA) is 188 Å². The number of unbranched alkanes of at least 4 members (excludes halogenated alkanes) is 8. The lowest BCUT2D eigenvalue weighted by Gasteiger charge is -2.35. The molecule has 14 nitrogen and oxygen atoms in total. The number of carbonyl (C=O) groups excluding carboxylic acids is 5. The molecule has 396 valence electrons. The quantitative estimate of drug-likeness (QED) is 0.0356. The van der Waals surface area contributed by atoms with Crippen LogP contribution in [0.2, 0.25) is 0 Å². The van der Waals surface area contributed by atoms with Gasteiger partial charge in [0.2, 0.25) is 17.7 Å². The number of aliphatic hydroxyl groups excluding tert-OH is 1. The summed E-state index contributed by atoms with van der Waals surface area (Å²) in [7, 11) is 0. The number of nitriles is 1. The largest absolute Gasteiger partial charge is 0.417 e. The molecule has 2 saturated heterocycles. The molecule has 0 unspecified atom stereocenters. The Morgan fingerprint density at radius 3 is 2.15 bits per heavy atom. The van der Waals surface area contributed by atoms with E-state index in [1.54, 1.807) is 16.8 Å². The number of aliphatic hydroxyl groups is 1. The number of carbonyl (C=O) groups is 5. The molecule has 74 heavy (non-hydrogen) atoms. The molecule has 2 aliphatic rings. The van der Waals surface area contributed by atoms with E-state index < -0.39 is 70.0 Å². The number of likely N-dealkylation sites (tertiary alicyclic amines) is 1. The maximum atomic E-state index is 15.5. The van der Waals surface area contributed by atoms with Crippen LogP contribution in [-0.4, -0.2) is 86.5 Å². The number of β-amino-alcohol motifs (C(OH)–C–C–N with tert-alkyl or cyclic N) is 1. The van der Waals surface area contributed by atoms with Gasteiger partial charge in [0.15, 0.2) is 5.11 Å². The van der Waals surface area contributed by atoms with Crippen LogP contribution in [-0.2, 0) is 31.9 Å². The Kier molecular flexibility index (Phi) is 18.8. The zero-order valence-electron chi connectivity index (χ0n) is 42.5. The van der Waals surface area contributed by atoms with Gasteiger partial charge in [0.05, 0.1) is 50.6 Å². The number of hydrogen-bond acceptors (Lipinski definition) is 10. The van der Waals surface area contributed by atoms with Crippen molar-refractivity contribution in [2.75, 3.05) is 22.9 Å². The van der Waals surface area contributed by atoms with Gasteiger partial charge in [0.1, 0.15) is 23.4 Å². The molecule has 0 spiro atoms. The van der Waals surface area contributed by atoms with Gasteiger partial charge < -0.3 is 30.9 Å². The average molecular weight is 1060 g/mol. The average Bonchev–Trinajstić information content (AvgIpc) is 4.01. The first kappa shape index (κ1) is 57.0. The van der Waals surface area contributed by atoms with E-state index in [0.29, 0.717) is 25.5 Å². The number of amides is 5. The van der Waals surface area contributed by atoms with Crippen molar-refractivity contribution in [1.29, 1.82) is 5.26 Å². The van der Waals surface area contributed by atoms with E-state index in [9.17, 15) is 47.5 Å². The van der Waals surface area contributed by atoms with Crippen molar-refractivity contribution in [2.24, 2.45) is 5.41 Å². The molecule has 3 aromatic carbocycles. The number of thiazole rings is 1. The molecule has 0 radical (unpaired) electrons. The maximum Gasteiger partial charge on any atom is 0.417 e. The molecule has 6 rings (SSSR count). The van der Waals surface area contributed by atoms with Crippen LogP contribution in [0.1, 0.15) is 138 Å². The number of halogens is 4. The van der Waals surface area contributed by atoms with Crippen LogP contribution in [0.3, 0.4) is 0 Å². The van der Waals surface area contributed by atoms with Gasteiger partial charge in [-0.1, -0.05) is 90.0 Å². The molecule has 4 N–H and O–H groups in total. The number of hydrogen-bond donors (Lipinski definition) is 4. The number of aromatic nitrogens is 1. The Hall–Kier alpha value is -6.30. The van der Waals surface area contributed by atoms with E-state index in [2.05, 4.69) is 20.9 Å². The molecule has 0 saturated carbocycles. The number of thiocarbonyl (C=S) groups is 1. The molecule has 4 aromatic rings. The second-order valence-corrected chi connectivity index (χ2v) is 21.7. The second-order valence-electron chi connectivity index (χ2n) is 20.5. The summed E-state index contributed by atoms with van der Waals surface area (Å²) in [6.45, 7) is 11.1. The highest BCUT2D eigenvalue weighted by Gasteiger charge is 2.51. The summed E-state index contributed by atoms with van der Waals surface area (Å²) < 4.78 is 56.6. The zero-order chi connectivity index (χ0) is 54.1. The van der Waals surface area contributed by atoms with Crippen molar-refractivity contribution in [1.82, 2.24) is 25.8 Å². The summed E-state index contributed by atoms with van der Waals surface area (Å²) in [6, 6.07) is 14.1. The van der Waals surface area contributed by atoms with Crippen LogP contribution in [0.25, 0.3) is 10.4 Å². The minimum Gasteiger partial charge on any atom is -0.391 e. The van der Waals surface area contributed by atoms with E-state index >= 15 is 4.39 Å². The summed E-state index contributed by atoms with van der Waals surface area (Å²) in [5, 5.41) is 28.2. The molecule has 1 aromatic heterocycles. The van der Waals surface area contributed by atoms with Crippen molar-refractivity contribution < 1.29 is 46.6 Å². The van der Waals surface area contributed by atoms with Crippen molar-refractivity contribution >= 4 is 69.6 Å². The lowest BCUT2D eigenvalue weighted by molar-refractivity contribution is -0.144. The van der Waals surface area contributed by atoms with Gasteiger partial charge in [0, 0.05) is 38.2 Å². The highest BCUT2D eigenvalue weighted by atomic mass is 32.1. The number of nitrogens with one attached hydrogen (secondary N) is 3. The molecule has 2 aliphatic heterocycles. The highest BCUT2D eigenvalue weighted by Crippen LogP contribution is 2.40. The van der Waals surface area contributed by atoms with Gasteiger partial charge in [-0.25, -0.2) is 9.37 Å². The highest BCUT2D eigenvalue weighted by molar-refractivity contribution is 7.81. The lowest BCUT2D eigenvalue weighted by atomic mass is 9.85. The van der Waals surface area contributed by atoms with E-state index in [4.69, 9.17) is 12.2 Å². The van der Waals surface area contributed by atoms with E-state index in [1.807, 2.05) is 52.0 Å². The third-order valence-electron chi connectivity index (χ3n) is 13.4. The van der Waals surface area contributed by atoms with E-state index in [1.165, 1.54) is 47.9 Å². The van der Waals surface area contributed by atoms with Crippen LogP contribution < -0.4 is 25.8 Å². The molecule has 3 heterocycles. The Bertz CT molecular complexity index is 2750. The second kappa shape index (κ2) is 24.4.